The number of hydrogen-bond acceptors (Lipinski definition) is 8. The lowest BCUT2D eigenvalue weighted by Crippen LogP contribution is -2.15. The van der Waals surface area contributed by atoms with E-state index in [4.69, 9.17) is 9.47 Å². The highest BCUT2D eigenvalue weighted by atomic mass is 32.2. The van der Waals surface area contributed by atoms with Crippen LogP contribution >= 0.6 is 11.3 Å². The lowest BCUT2D eigenvalue weighted by atomic mass is 10.1. The van der Waals surface area contributed by atoms with Gasteiger partial charge in [0.05, 0.1) is 24.3 Å². The van der Waals surface area contributed by atoms with Gasteiger partial charge in [0.25, 0.3) is 15.9 Å². The Morgan fingerprint density at radius 1 is 1.03 bits per heavy atom. The third kappa shape index (κ3) is 5.57. The summed E-state index contributed by atoms with van der Waals surface area (Å²) in [6.07, 6.45) is 0. The summed E-state index contributed by atoms with van der Waals surface area (Å²) < 4.78 is 38.1. The first-order valence-corrected chi connectivity index (χ1v) is 13.6. The van der Waals surface area contributed by atoms with E-state index in [1.54, 1.807) is 19.1 Å². The van der Waals surface area contributed by atoms with Gasteiger partial charge in [0.1, 0.15) is 15.5 Å². The molecule has 0 saturated heterocycles. The van der Waals surface area contributed by atoms with Crippen molar-refractivity contribution in [2.45, 2.75) is 25.7 Å². The Hall–Kier alpha value is -3.96. The highest BCUT2D eigenvalue weighted by Gasteiger charge is 2.24. The average molecular weight is 540 g/mol. The van der Waals surface area contributed by atoms with Gasteiger partial charge in [0.15, 0.2) is 0 Å². The molecule has 9 nitrogen and oxygen atoms in total. The number of amides is 1. The number of sulfonamides is 1. The zero-order valence-corrected chi connectivity index (χ0v) is 22.2. The molecule has 0 spiro atoms. The molecule has 0 saturated carbocycles. The van der Waals surface area contributed by atoms with Crippen molar-refractivity contribution in [2.24, 2.45) is 0 Å². The molecule has 11 heteroatoms. The van der Waals surface area contributed by atoms with Crippen molar-refractivity contribution in [3.63, 3.8) is 0 Å². The number of carbonyl (C=O) groups is 2. The maximum absolute atomic E-state index is 13.1. The van der Waals surface area contributed by atoms with Gasteiger partial charge in [-0.15, -0.1) is 11.3 Å². The van der Waals surface area contributed by atoms with Gasteiger partial charge in [-0.05, 0) is 80.9 Å². The molecule has 0 bridgehead atoms. The van der Waals surface area contributed by atoms with Gasteiger partial charge >= 0.3 is 5.97 Å². The fraction of sp³-hybridized carbons (Fsp3) is 0.192. The Kier molecular flexibility index (Phi) is 7.46. The lowest BCUT2D eigenvalue weighted by molar-refractivity contribution is 0.0533. The molecule has 2 aromatic heterocycles. The zero-order chi connectivity index (χ0) is 26.7. The van der Waals surface area contributed by atoms with Crippen molar-refractivity contribution in [3.8, 4) is 5.75 Å². The fourth-order valence-corrected chi connectivity index (χ4v) is 5.95. The fourth-order valence-electron chi connectivity index (χ4n) is 3.75. The summed E-state index contributed by atoms with van der Waals surface area (Å²) in [5.74, 6) is -0.462. The summed E-state index contributed by atoms with van der Waals surface area (Å²) in [7, 11) is -2.33. The number of pyridine rings is 1. The molecular weight excluding hydrogens is 514 g/mol. The van der Waals surface area contributed by atoms with E-state index in [1.807, 2.05) is 19.9 Å². The Labute approximate surface area is 218 Å². The monoisotopic (exact) mass is 539 g/mol. The standard InChI is InChI=1S/C26H25N3O6S2/c1-5-35-26(31)23-22(21-15(2)14-16(3)27-25(21)36-23)28-24(30)17-6-8-18(9-7-17)29-37(32,33)20-12-10-19(34-4)11-13-20/h6-14,29H,5H2,1-4H3,(H,28,30). The van der Waals surface area contributed by atoms with E-state index in [1.165, 1.54) is 43.5 Å². The molecular formula is C26H25N3O6S2. The number of benzene rings is 2. The topological polar surface area (TPSA) is 124 Å². The normalized spacial score (nSPS) is 11.2. The molecule has 2 heterocycles. The van der Waals surface area contributed by atoms with E-state index in [9.17, 15) is 18.0 Å². The van der Waals surface area contributed by atoms with E-state index in [0.717, 1.165) is 22.6 Å². The first kappa shape index (κ1) is 26.1. The van der Waals surface area contributed by atoms with Crippen LogP contribution in [0.25, 0.3) is 10.2 Å². The summed E-state index contributed by atoms with van der Waals surface area (Å²) in [5.41, 5.74) is 2.58. The van der Waals surface area contributed by atoms with Gasteiger partial charge < -0.3 is 14.8 Å². The van der Waals surface area contributed by atoms with Crippen LogP contribution in [0.4, 0.5) is 11.4 Å². The number of anilines is 2. The van der Waals surface area contributed by atoms with Gasteiger partial charge in [0, 0.05) is 22.3 Å². The maximum atomic E-state index is 13.1. The summed E-state index contributed by atoms with van der Waals surface area (Å²) in [6.45, 7) is 5.65. The van der Waals surface area contributed by atoms with E-state index in [2.05, 4.69) is 15.0 Å². The zero-order valence-electron chi connectivity index (χ0n) is 20.6. The number of aromatic nitrogens is 1. The van der Waals surface area contributed by atoms with Gasteiger partial charge in [-0.25, -0.2) is 18.2 Å². The van der Waals surface area contributed by atoms with Crippen LogP contribution in [0.3, 0.4) is 0 Å². The first-order chi connectivity index (χ1) is 17.6. The highest BCUT2D eigenvalue weighted by Crippen LogP contribution is 2.38. The SMILES string of the molecule is CCOC(=O)c1sc2nc(C)cc(C)c2c1NC(=O)c1ccc(NS(=O)(=O)c2ccc(OC)cc2)cc1. The van der Waals surface area contributed by atoms with Gasteiger partial charge in [-0.3, -0.25) is 9.52 Å². The summed E-state index contributed by atoms with van der Waals surface area (Å²) >= 11 is 1.16. The molecule has 1 amide bonds. The molecule has 192 valence electrons. The minimum absolute atomic E-state index is 0.0742. The summed E-state index contributed by atoms with van der Waals surface area (Å²) in [5, 5.41) is 3.51. The van der Waals surface area contributed by atoms with E-state index >= 15 is 0 Å². The Bertz CT molecular complexity index is 1580. The van der Waals surface area contributed by atoms with Crippen molar-refractivity contribution < 1.29 is 27.5 Å². The van der Waals surface area contributed by atoms with Crippen LogP contribution < -0.4 is 14.8 Å². The number of aryl methyl sites for hydroxylation is 2. The first-order valence-electron chi connectivity index (χ1n) is 11.3. The summed E-state index contributed by atoms with van der Waals surface area (Å²) in [6, 6.07) is 13.8. The Morgan fingerprint density at radius 3 is 2.32 bits per heavy atom. The number of hydrogen-bond donors (Lipinski definition) is 2. The number of ether oxygens (including phenoxy) is 2. The Morgan fingerprint density at radius 2 is 1.70 bits per heavy atom. The molecule has 2 aromatic carbocycles. The van der Waals surface area contributed by atoms with Crippen LogP contribution in [0.2, 0.25) is 0 Å². The van der Waals surface area contributed by atoms with Crippen LogP contribution in [0.1, 0.15) is 38.2 Å². The second-order valence-electron chi connectivity index (χ2n) is 8.10. The van der Waals surface area contributed by atoms with Gasteiger partial charge in [-0.2, -0.15) is 0 Å². The minimum atomic E-state index is -3.83. The predicted octanol–water partition coefficient (Wildman–Crippen LogP) is 5.15. The quantitative estimate of drug-likeness (QED) is 0.297. The molecule has 0 radical (unpaired) electrons. The maximum Gasteiger partial charge on any atom is 0.350 e. The van der Waals surface area contributed by atoms with Crippen LogP contribution in [0.5, 0.6) is 5.75 Å². The lowest BCUT2D eigenvalue weighted by Gasteiger charge is -2.11. The number of fused-ring (bicyclic) bond motifs is 1. The molecule has 0 aliphatic carbocycles. The number of rotatable bonds is 8. The summed E-state index contributed by atoms with van der Waals surface area (Å²) in [4.78, 5) is 31.2. The van der Waals surface area contributed by atoms with Gasteiger partial charge in [0.2, 0.25) is 0 Å². The van der Waals surface area contributed by atoms with Crippen molar-refractivity contribution >= 4 is 54.8 Å². The molecule has 4 rings (SSSR count). The molecule has 37 heavy (non-hydrogen) atoms. The van der Waals surface area contributed by atoms with E-state index < -0.39 is 21.9 Å². The number of nitrogens with one attached hydrogen (secondary N) is 2. The van der Waals surface area contributed by atoms with Crippen LogP contribution in [-0.4, -0.2) is 39.0 Å². The number of carbonyl (C=O) groups excluding carboxylic acids is 2. The van der Waals surface area contributed by atoms with E-state index in [-0.39, 0.29) is 27.6 Å². The molecule has 0 aliphatic heterocycles. The number of nitrogens with zero attached hydrogens (tertiary/aromatic N) is 1. The van der Waals surface area contributed by atoms with Crippen LogP contribution in [0.15, 0.2) is 59.5 Å². The second kappa shape index (κ2) is 10.6. The van der Waals surface area contributed by atoms with Crippen LogP contribution in [0, 0.1) is 13.8 Å². The van der Waals surface area contributed by atoms with Crippen molar-refractivity contribution in [3.05, 3.63) is 76.3 Å². The number of methoxy groups -OCH3 is 1. The second-order valence-corrected chi connectivity index (χ2v) is 10.8. The molecule has 2 N–H and O–H groups in total. The number of esters is 1. The third-order valence-corrected chi connectivity index (χ3v) is 7.92. The largest absolute Gasteiger partial charge is 0.497 e. The van der Waals surface area contributed by atoms with Crippen LogP contribution in [-0.2, 0) is 14.8 Å². The van der Waals surface area contributed by atoms with Crippen molar-refractivity contribution in [2.75, 3.05) is 23.8 Å². The smallest absolute Gasteiger partial charge is 0.350 e. The molecule has 0 unspecified atom stereocenters. The predicted molar refractivity (Wildman–Crippen MR) is 143 cm³/mol. The Balaban J connectivity index is 1.58. The minimum Gasteiger partial charge on any atom is -0.497 e. The highest BCUT2D eigenvalue weighted by molar-refractivity contribution is 7.92. The molecule has 0 atom stereocenters. The molecule has 4 aromatic rings. The van der Waals surface area contributed by atoms with E-state index in [0.29, 0.717) is 21.7 Å². The molecule has 0 aliphatic rings. The van der Waals surface area contributed by atoms with Crippen molar-refractivity contribution in [1.82, 2.24) is 4.98 Å². The van der Waals surface area contributed by atoms with Crippen molar-refractivity contribution in [1.29, 1.82) is 0 Å². The van der Waals surface area contributed by atoms with Gasteiger partial charge in [-0.1, -0.05) is 0 Å². The number of thiophene rings is 1. The molecule has 0 fully saturated rings. The third-order valence-electron chi connectivity index (χ3n) is 5.46. The average Bonchev–Trinajstić information content (AvgIpc) is 3.22.